The Labute approximate surface area is 182 Å². The molecule has 0 fully saturated rings. The first kappa shape index (κ1) is 24.2. The predicted molar refractivity (Wildman–Crippen MR) is 124 cm³/mol. The molecule has 1 unspecified atom stereocenters. The van der Waals surface area contributed by atoms with Crippen LogP contribution in [0.2, 0.25) is 18.1 Å². The fraction of sp³-hybridized carbons (Fsp3) is 0.480. The first-order valence-electron chi connectivity index (χ1n) is 10.6. The van der Waals surface area contributed by atoms with Crippen LogP contribution in [0.15, 0.2) is 54.6 Å². The van der Waals surface area contributed by atoms with Gasteiger partial charge in [0.15, 0.2) is 8.32 Å². The van der Waals surface area contributed by atoms with Crippen LogP contribution in [0.5, 0.6) is 5.75 Å². The highest BCUT2D eigenvalue weighted by Crippen LogP contribution is 2.37. The average molecular weight is 429 g/mol. The van der Waals surface area contributed by atoms with E-state index in [2.05, 4.69) is 33.9 Å². The molecule has 2 aromatic rings. The molecule has 0 amide bonds. The van der Waals surface area contributed by atoms with E-state index in [4.69, 9.17) is 13.9 Å². The number of hydrogen-bond acceptors (Lipinski definition) is 4. The molecule has 0 spiro atoms. The highest BCUT2D eigenvalue weighted by atomic mass is 28.4. The van der Waals surface area contributed by atoms with Gasteiger partial charge in [0, 0.05) is 6.42 Å². The van der Waals surface area contributed by atoms with Gasteiger partial charge in [0.2, 0.25) is 0 Å². The first-order valence-corrected chi connectivity index (χ1v) is 13.5. The molecule has 0 radical (unpaired) electrons. The number of hydrogen-bond donors (Lipinski definition) is 0. The second-order valence-corrected chi connectivity index (χ2v) is 14.2. The van der Waals surface area contributed by atoms with E-state index in [0.29, 0.717) is 13.0 Å². The van der Waals surface area contributed by atoms with E-state index in [1.165, 1.54) is 0 Å². The Bertz CT molecular complexity index is 792. The van der Waals surface area contributed by atoms with E-state index in [1.54, 1.807) is 0 Å². The third-order valence-electron chi connectivity index (χ3n) is 5.45. The van der Waals surface area contributed by atoms with E-state index in [9.17, 15) is 4.79 Å². The number of esters is 1. The van der Waals surface area contributed by atoms with Crippen molar-refractivity contribution in [3.05, 3.63) is 65.7 Å². The minimum absolute atomic E-state index is 0.0124. The lowest BCUT2D eigenvalue weighted by molar-refractivity contribution is -0.156. The van der Waals surface area contributed by atoms with E-state index in [1.807, 2.05) is 68.4 Å². The lowest BCUT2D eigenvalue weighted by Gasteiger charge is -2.38. The smallest absolute Gasteiger partial charge is 0.334 e. The minimum atomic E-state index is -2.12. The topological polar surface area (TPSA) is 44.8 Å². The number of benzene rings is 2. The van der Waals surface area contributed by atoms with Crippen molar-refractivity contribution in [3.63, 3.8) is 0 Å². The van der Waals surface area contributed by atoms with Crippen molar-refractivity contribution >= 4 is 14.3 Å². The third kappa shape index (κ3) is 7.29. The van der Waals surface area contributed by atoms with E-state index < -0.39 is 14.4 Å². The second-order valence-electron chi connectivity index (χ2n) is 9.47. The standard InChI is InChI=1S/C25H36O4Si/c1-19(2)28-24(26)23(29-30(6,7)25(3,4)5)17-20-13-15-22(16-14-20)27-18-21-11-9-8-10-12-21/h8-16,19,23H,17-18H2,1-7H3. The largest absolute Gasteiger partial charge is 0.489 e. The van der Waals surface area contributed by atoms with Gasteiger partial charge in [-0.1, -0.05) is 63.2 Å². The fourth-order valence-electron chi connectivity index (χ4n) is 2.69. The molecule has 0 aliphatic carbocycles. The van der Waals surface area contributed by atoms with Crippen molar-refractivity contribution in [3.8, 4) is 5.75 Å². The molecule has 2 aromatic carbocycles. The van der Waals surface area contributed by atoms with Crippen molar-refractivity contribution in [2.45, 2.75) is 78.0 Å². The van der Waals surface area contributed by atoms with Crippen LogP contribution >= 0.6 is 0 Å². The number of carbonyl (C=O) groups excluding carboxylic acids is 1. The van der Waals surface area contributed by atoms with Crippen LogP contribution in [0.25, 0.3) is 0 Å². The van der Waals surface area contributed by atoms with Gasteiger partial charge >= 0.3 is 5.97 Å². The summed E-state index contributed by atoms with van der Waals surface area (Å²) in [5, 5.41) is 0.0124. The van der Waals surface area contributed by atoms with Gasteiger partial charge in [0.1, 0.15) is 18.5 Å². The lowest BCUT2D eigenvalue weighted by atomic mass is 10.1. The molecule has 0 saturated heterocycles. The van der Waals surface area contributed by atoms with Gasteiger partial charge in [-0.2, -0.15) is 0 Å². The Morgan fingerprint density at radius 2 is 1.53 bits per heavy atom. The second kappa shape index (κ2) is 10.3. The monoisotopic (exact) mass is 428 g/mol. The molecule has 5 heteroatoms. The minimum Gasteiger partial charge on any atom is -0.489 e. The van der Waals surface area contributed by atoms with Crippen LogP contribution in [0.1, 0.15) is 45.7 Å². The summed E-state index contributed by atoms with van der Waals surface area (Å²) >= 11 is 0. The molecule has 4 nitrogen and oxygen atoms in total. The predicted octanol–water partition coefficient (Wildman–Crippen LogP) is 6.15. The number of ether oxygens (including phenoxy) is 2. The van der Waals surface area contributed by atoms with Crippen molar-refractivity contribution < 1.29 is 18.7 Å². The maximum atomic E-state index is 12.7. The zero-order valence-electron chi connectivity index (χ0n) is 19.4. The van der Waals surface area contributed by atoms with Crippen molar-refractivity contribution in [1.82, 2.24) is 0 Å². The normalized spacial score (nSPS) is 13.2. The van der Waals surface area contributed by atoms with Gasteiger partial charge in [0.25, 0.3) is 0 Å². The summed E-state index contributed by atoms with van der Waals surface area (Å²) in [5.74, 6) is 0.508. The zero-order valence-corrected chi connectivity index (χ0v) is 20.4. The van der Waals surface area contributed by atoms with Crippen LogP contribution in [0.4, 0.5) is 0 Å². The first-order chi connectivity index (χ1) is 14.0. The average Bonchev–Trinajstić information content (AvgIpc) is 2.66. The Balaban J connectivity index is 2.07. The van der Waals surface area contributed by atoms with Gasteiger partial charge in [0.05, 0.1) is 6.10 Å². The summed E-state index contributed by atoms with van der Waals surface area (Å²) in [4.78, 5) is 12.7. The molecular formula is C25H36O4Si. The molecule has 0 aliphatic rings. The molecule has 0 heterocycles. The molecule has 0 saturated carbocycles. The molecule has 1 atom stereocenters. The van der Waals surface area contributed by atoms with Crippen molar-refractivity contribution in [2.24, 2.45) is 0 Å². The van der Waals surface area contributed by atoms with Crippen molar-refractivity contribution in [1.29, 1.82) is 0 Å². The van der Waals surface area contributed by atoms with Crippen LogP contribution in [-0.2, 0) is 27.0 Å². The summed E-state index contributed by atoms with van der Waals surface area (Å²) in [5.41, 5.74) is 2.15. The Kier molecular flexibility index (Phi) is 8.27. The maximum absolute atomic E-state index is 12.7. The van der Waals surface area contributed by atoms with Crippen LogP contribution in [0, 0.1) is 0 Å². The van der Waals surface area contributed by atoms with Crippen LogP contribution < -0.4 is 4.74 Å². The highest BCUT2D eigenvalue weighted by molar-refractivity contribution is 6.74. The summed E-state index contributed by atoms with van der Waals surface area (Å²) in [6, 6.07) is 17.9. The van der Waals surface area contributed by atoms with Gasteiger partial charge in [-0.15, -0.1) is 0 Å². The summed E-state index contributed by atoms with van der Waals surface area (Å²) in [6.45, 7) is 15.1. The van der Waals surface area contributed by atoms with E-state index in [-0.39, 0.29) is 17.1 Å². The molecular weight excluding hydrogens is 392 g/mol. The van der Waals surface area contributed by atoms with Gasteiger partial charge in [-0.05, 0) is 55.2 Å². The molecule has 164 valence electrons. The summed E-state index contributed by atoms with van der Waals surface area (Å²) < 4.78 is 17.8. The maximum Gasteiger partial charge on any atom is 0.334 e. The van der Waals surface area contributed by atoms with Crippen LogP contribution in [-0.4, -0.2) is 26.5 Å². The lowest BCUT2D eigenvalue weighted by Crippen LogP contribution is -2.47. The van der Waals surface area contributed by atoms with Gasteiger partial charge < -0.3 is 13.9 Å². The third-order valence-corrected chi connectivity index (χ3v) is 9.94. The fourth-order valence-corrected chi connectivity index (χ4v) is 3.93. The summed E-state index contributed by atoms with van der Waals surface area (Å²) in [7, 11) is -2.12. The van der Waals surface area contributed by atoms with Crippen LogP contribution in [0.3, 0.4) is 0 Å². The van der Waals surface area contributed by atoms with Gasteiger partial charge in [-0.3, -0.25) is 0 Å². The summed E-state index contributed by atoms with van der Waals surface area (Å²) in [6.07, 6.45) is -0.294. The Morgan fingerprint density at radius 3 is 2.07 bits per heavy atom. The molecule has 30 heavy (non-hydrogen) atoms. The quantitative estimate of drug-likeness (QED) is 0.355. The Morgan fingerprint density at radius 1 is 0.933 bits per heavy atom. The van der Waals surface area contributed by atoms with Crippen molar-refractivity contribution in [2.75, 3.05) is 0 Å². The van der Waals surface area contributed by atoms with E-state index >= 15 is 0 Å². The highest BCUT2D eigenvalue weighted by Gasteiger charge is 2.41. The molecule has 0 aromatic heterocycles. The molecule has 0 aliphatic heterocycles. The zero-order chi connectivity index (χ0) is 22.4. The Hall–Kier alpha value is -2.11. The SMILES string of the molecule is CC(C)OC(=O)C(Cc1ccc(OCc2ccccc2)cc1)O[Si](C)(C)C(C)(C)C. The van der Waals surface area contributed by atoms with E-state index in [0.717, 1.165) is 16.9 Å². The van der Waals surface area contributed by atoms with Gasteiger partial charge in [-0.25, -0.2) is 4.79 Å². The number of carbonyl (C=O) groups is 1. The number of rotatable bonds is 9. The molecule has 0 bridgehead atoms. The molecule has 2 rings (SSSR count). The molecule has 0 N–H and O–H groups in total.